The summed E-state index contributed by atoms with van der Waals surface area (Å²) in [5.41, 5.74) is 0.204. The van der Waals surface area contributed by atoms with Gasteiger partial charge in [-0.1, -0.05) is 0 Å². The van der Waals surface area contributed by atoms with Crippen molar-refractivity contribution in [3.8, 4) is 0 Å². The summed E-state index contributed by atoms with van der Waals surface area (Å²) in [6.07, 6.45) is 0.847. The highest BCUT2D eigenvalue weighted by atomic mass is 19.2. The number of ether oxygens (including phenoxy) is 1. The average Bonchev–Trinajstić information content (AvgIpc) is 2.33. The van der Waals surface area contributed by atoms with Crippen molar-refractivity contribution in [2.24, 2.45) is 0 Å². The van der Waals surface area contributed by atoms with Gasteiger partial charge < -0.3 is 15.4 Å². The molecule has 0 aliphatic heterocycles. The van der Waals surface area contributed by atoms with Crippen LogP contribution < -0.4 is 10.6 Å². The lowest BCUT2D eigenvalue weighted by molar-refractivity contribution is 0.0775. The van der Waals surface area contributed by atoms with E-state index in [-0.39, 0.29) is 11.8 Å². The van der Waals surface area contributed by atoms with Crippen LogP contribution in [0.1, 0.15) is 20.3 Å². The van der Waals surface area contributed by atoms with Crippen LogP contribution in [0, 0.1) is 11.6 Å². The Kier molecular flexibility index (Phi) is 6.21. The maximum atomic E-state index is 12.9. The molecule has 0 fully saturated rings. The van der Waals surface area contributed by atoms with E-state index in [0.717, 1.165) is 12.1 Å². The Hall–Kier alpha value is -1.69. The predicted molar refractivity (Wildman–Crippen MR) is 69.1 cm³/mol. The standard InChI is InChI=1S/C13H18F2N2O2/c1-9(2)19-7-3-6-16-13(18)17-10-4-5-11(14)12(15)8-10/h4-5,8-9H,3,6-7H2,1-2H3,(H2,16,17,18). The number of benzene rings is 1. The van der Waals surface area contributed by atoms with Gasteiger partial charge in [-0.3, -0.25) is 0 Å². The first-order valence-electron chi connectivity index (χ1n) is 6.10. The van der Waals surface area contributed by atoms with E-state index in [9.17, 15) is 13.6 Å². The highest BCUT2D eigenvalue weighted by Crippen LogP contribution is 2.12. The highest BCUT2D eigenvalue weighted by molar-refractivity contribution is 5.89. The molecule has 0 spiro atoms. The number of rotatable bonds is 6. The van der Waals surface area contributed by atoms with Crippen LogP contribution in [0.25, 0.3) is 0 Å². The summed E-state index contributed by atoms with van der Waals surface area (Å²) in [6.45, 7) is 4.87. The van der Waals surface area contributed by atoms with Gasteiger partial charge >= 0.3 is 6.03 Å². The lowest BCUT2D eigenvalue weighted by Gasteiger charge is -2.09. The molecule has 2 N–H and O–H groups in total. The van der Waals surface area contributed by atoms with Crippen LogP contribution in [0.3, 0.4) is 0 Å². The SMILES string of the molecule is CC(C)OCCCNC(=O)Nc1ccc(F)c(F)c1. The average molecular weight is 272 g/mol. The van der Waals surface area contributed by atoms with Crippen LogP contribution >= 0.6 is 0 Å². The van der Waals surface area contributed by atoms with E-state index in [0.29, 0.717) is 19.6 Å². The monoisotopic (exact) mass is 272 g/mol. The Morgan fingerprint density at radius 1 is 1.32 bits per heavy atom. The van der Waals surface area contributed by atoms with Crippen molar-refractivity contribution in [2.45, 2.75) is 26.4 Å². The van der Waals surface area contributed by atoms with E-state index in [1.165, 1.54) is 6.07 Å². The molecule has 1 aromatic rings. The number of urea groups is 1. The molecular formula is C13H18F2N2O2. The van der Waals surface area contributed by atoms with Gasteiger partial charge in [-0.15, -0.1) is 0 Å². The van der Waals surface area contributed by atoms with Gasteiger partial charge in [0, 0.05) is 24.9 Å². The summed E-state index contributed by atoms with van der Waals surface area (Å²) < 4.78 is 30.9. The Labute approximate surface area is 111 Å². The van der Waals surface area contributed by atoms with Gasteiger partial charge in [0.1, 0.15) is 0 Å². The molecular weight excluding hydrogens is 254 g/mol. The van der Waals surface area contributed by atoms with E-state index in [2.05, 4.69) is 10.6 Å². The van der Waals surface area contributed by atoms with Gasteiger partial charge in [0.05, 0.1) is 6.10 Å². The molecule has 6 heteroatoms. The molecule has 1 rings (SSSR count). The van der Waals surface area contributed by atoms with E-state index in [1.54, 1.807) is 0 Å². The molecule has 0 unspecified atom stereocenters. The summed E-state index contributed by atoms with van der Waals surface area (Å²) in [5, 5.41) is 5.00. The Morgan fingerprint density at radius 2 is 2.05 bits per heavy atom. The molecule has 4 nitrogen and oxygen atoms in total. The Morgan fingerprint density at radius 3 is 2.68 bits per heavy atom. The van der Waals surface area contributed by atoms with E-state index in [1.807, 2.05) is 13.8 Å². The summed E-state index contributed by atoms with van der Waals surface area (Å²) in [7, 11) is 0. The van der Waals surface area contributed by atoms with Gasteiger partial charge in [-0.05, 0) is 32.4 Å². The molecule has 0 saturated heterocycles. The molecule has 0 aromatic heterocycles. The van der Waals surface area contributed by atoms with Crippen molar-refractivity contribution < 1.29 is 18.3 Å². The van der Waals surface area contributed by atoms with Crippen LogP contribution in [-0.2, 0) is 4.74 Å². The minimum absolute atomic E-state index is 0.163. The number of hydrogen-bond acceptors (Lipinski definition) is 2. The Bertz CT molecular complexity index is 425. The number of carbonyl (C=O) groups is 1. The van der Waals surface area contributed by atoms with E-state index >= 15 is 0 Å². The third kappa shape index (κ3) is 6.15. The minimum atomic E-state index is -0.997. The quantitative estimate of drug-likeness (QED) is 0.782. The van der Waals surface area contributed by atoms with Gasteiger partial charge in [-0.25, -0.2) is 13.6 Å². The largest absolute Gasteiger partial charge is 0.379 e. The number of carbonyl (C=O) groups excluding carboxylic acids is 1. The lowest BCUT2D eigenvalue weighted by atomic mass is 10.3. The molecule has 0 bridgehead atoms. The van der Waals surface area contributed by atoms with Crippen molar-refractivity contribution in [2.75, 3.05) is 18.5 Å². The molecule has 0 aliphatic rings. The van der Waals surface area contributed by atoms with Crippen LogP contribution in [0.5, 0.6) is 0 Å². The minimum Gasteiger partial charge on any atom is -0.379 e. The molecule has 19 heavy (non-hydrogen) atoms. The van der Waals surface area contributed by atoms with Crippen molar-refractivity contribution in [3.63, 3.8) is 0 Å². The van der Waals surface area contributed by atoms with Crippen LogP contribution in [0.4, 0.5) is 19.3 Å². The summed E-state index contributed by atoms with van der Waals surface area (Å²) in [6, 6.07) is 2.72. The molecule has 0 atom stereocenters. The smallest absolute Gasteiger partial charge is 0.319 e. The Balaban J connectivity index is 2.25. The van der Waals surface area contributed by atoms with Crippen LogP contribution in [0.15, 0.2) is 18.2 Å². The zero-order chi connectivity index (χ0) is 14.3. The zero-order valence-electron chi connectivity index (χ0n) is 11.0. The molecule has 106 valence electrons. The molecule has 0 radical (unpaired) electrons. The van der Waals surface area contributed by atoms with Gasteiger partial charge in [0.15, 0.2) is 11.6 Å². The number of nitrogens with one attached hydrogen (secondary N) is 2. The topological polar surface area (TPSA) is 50.4 Å². The lowest BCUT2D eigenvalue weighted by Crippen LogP contribution is -2.30. The van der Waals surface area contributed by atoms with Crippen LogP contribution in [-0.4, -0.2) is 25.3 Å². The fourth-order valence-electron chi connectivity index (χ4n) is 1.34. The van der Waals surface area contributed by atoms with E-state index in [4.69, 9.17) is 4.74 Å². The van der Waals surface area contributed by atoms with Gasteiger partial charge in [-0.2, -0.15) is 0 Å². The second kappa shape index (κ2) is 7.68. The van der Waals surface area contributed by atoms with Gasteiger partial charge in [0.2, 0.25) is 0 Å². The fourth-order valence-corrected chi connectivity index (χ4v) is 1.34. The van der Waals surface area contributed by atoms with Crippen molar-refractivity contribution in [3.05, 3.63) is 29.8 Å². The number of anilines is 1. The van der Waals surface area contributed by atoms with Crippen molar-refractivity contribution in [1.82, 2.24) is 5.32 Å². The molecule has 1 aromatic carbocycles. The summed E-state index contributed by atoms with van der Waals surface area (Å²) in [5.74, 6) is -1.94. The second-order valence-corrected chi connectivity index (χ2v) is 4.28. The number of halogens is 2. The molecule has 2 amide bonds. The second-order valence-electron chi connectivity index (χ2n) is 4.28. The normalized spacial score (nSPS) is 10.6. The number of hydrogen-bond donors (Lipinski definition) is 2. The molecule has 0 saturated carbocycles. The summed E-state index contributed by atoms with van der Waals surface area (Å²) >= 11 is 0. The molecule has 0 aliphatic carbocycles. The highest BCUT2D eigenvalue weighted by Gasteiger charge is 2.05. The van der Waals surface area contributed by atoms with Crippen molar-refractivity contribution in [1.29, 1.82) is 0 Å². The zero-order valence-corrected chi connectivity index (χ0v) is 11.0. The summed E-state index contributed by atoms with van der Waals surface area (Å²) in [4.78, 5) is 11.4. The first-order valence-corrected chi connectivity index (χ1v) is 6.10. The number of amides is 2. The maximum Gasteiger partial charge on any atom is 0.319 e. The predicted octanol–water partition coefficient (Wildman–Crippen LogP) is 2.90. The van der Waals surface area contributed by atoms with Crippen molar-refractivity contribution >= 4 is 11.7 Å². The van der Waals surface area contributed by atoms with Crippen LogP contribution in [0.2, 0.25) is 0 Å². The first-order chi connectivity index (χ1) is 8.99. The van der Waals surface area contributed by atoms with E-state index < -0.39 is 17.7 Å². The first kappa shape index (κ1) is 15.4. The third-order valence-corrected chi connectivity index (χ3v) is 2.24. The van der Waals surface area contributed by atoms with Gasteiger partial charge in [0.25, 0.3) is 0 Å². The maximum absolute atomic E-state index is 12.9. The molecule has 0 heterocycles. The third-order valence-electron chi connectivity index (χ3n) is 2.24. The fraction of sp³-hybridized carbons (Fsp3) is 0.462.